The first-order valence-corrected chi connectivity index (χ1v) is 11.0. The number of aromatic amines is 1. The zero-order valence-corrected chi connectivity index (χ0v) is 17.9. The van der Waals surface area contributed by atoms with E-state index in [1.54, 1.807) is 0 Å². The first-order chi connectivity index (χ1) is 15.2. The SMILES string of the molecule is O=c1[nH]c2ccccc2n1C1CCN(C(=S)Nc2ccccc2-c2ccccc2)CC1. The van der Waals surface area contributed by atoms with E-state index >= 15 is 0 Å². The number of nitrogens with one attached hydrogen (secondary N) is 2. The van der Waals surface area contributed by atoms with Gasteiger partial charge in [0.05, 0.1) is 11.0 Å². The number of nitrogens with zero attached hydrogens (tertiary/aromatic N) is 2. The van der Waals surface area contributed by atoms with Crippen molar-refractivity contribution in [1.29, 1.82) is 0 Å². The zero-order chi connectivity index (χ0) is 21.2. The average molecular weight is 429 g/mol. The van der Waals surface area contributed by atoms with Crippen molar-refractivity contribution < 1.29 is 0 Å². The first-order valence-electron chi connectivity index (χ1n) is 10.6. The topological polar surface area (TPSA) is 53.1 Å². The molecule has 5 nitrogen and oxygen atoms in total. The van der Waals surface area contributed by atoms with Crippen molar-refractivity contribution in [1.82, 2.24) is 14.5 Å². The first kappa shape index (κ1) is 19.6. The van der Waals surface area contributed by atoms with Gasteiger partial charge >= 0.3 is 5.69 Å². The van der Waals surface area contributed by atoms with Crippen molar-refractivity contribution >= 4 is 34.1 Å². The molecule has 1 saturated heterocycles. The van der Waals surface area contributed by atoms with Gasteiger partial charge in [0.2, 0.25) is 0 Å². The van der Waals surface area contributed by atoms with Crippen molar-refractivity contribution in [2.24, 2.45) is 0 Å². The molecular weight excluding hydrogens is 404 g/mol. The number of para-hydroxylation sites is 3. The molecule has 4 aromatic rings. The van der Waals surface area contributed by atoms with Gasteiger partial charge in [-0.15, -0.1) is 0 Å². The number of rotatable bonds is 3. The predicted octanol–water partition coefficient (Wildman–Crippen LogP) is 5.03. The van der Waals surface area contributed by atoms with E-state index in [1.165, 1.54) is 0 Å². The lowest BCUT2D eigenvalue weighted by molar-refractivity contribution is 0.269. The van der Waals surface area contributed by atoms with Gasteiger partial charge in [-0.05, 0) is 48.8 Å². The number of thiocarbonyl (C=S) groups is 1. The largest absolute Gasteiger partial charge is 0.349 e. The molecule has 2 N–H and O–H groups in total. The van der Waals surface area contributed by atoms with Crippen molar-refractivity contribution in [3.8, 4) is 11.1 Å². The second-order valence-corrected chi connectivity index (χ2v) is 8.26. The van der Waals surface area contributed by atoms with Gasteiger partial charge in [-0.25, -0.2) is 4.79 Å². The maximum absolute atomic E-state index is 12.5. The Balaban J connectivity index is 1.29. The minimum absolute atomic E-state index is 0.0304. The Bertz CT molecular complexity index is 1270. The number of piperidine rings is 1. The maximum atomic E-state index is 12.5. The predicted molar refractivity (Wildman–Crippen MR) is 131 cm³/mol. The highest BCUT2D eigenvalue weighted by atomic mass is 32.1. The molecule has 1 aromatic heterocycles. The monoisotopic (exact) mass is 428 g/mol. The summed E-state index contributed by atoms with van der Waals surface area (Å²) in [5.41, 5.74) is 5.13. The molecule has 156 valence electrons. The van der Waals surface area contributed by atoms with Crippen LogP contribution in [0, 0.1) is 0 Å². The van der Waals surface area contributed by atoms with Crippen molar-refractivity contribution in [3.05, 3.63) is 89.3 Å². The van der Waals surface area contributed by atoms with Crippen LogP contribution in [-0.4, -0.2) is 32.7 Å². The number of hydrogen-bond acceptors (Lipinski definition) is 2. The Kier molecular flexibility index (Phi) is 5.30. The third kappa shape index (κ3) is 3.86. The average Bonchev–Trinajstić information content (AvgIpc) is 3.16. The van der Waals surface area contributed by atoms with Crippen LogP contribution in [0.1, 0.15) is 18.9 Å². The molecule has 0 spiro atoms. The van der Waals surface area contributed by atoms with Gasteiger partial charge < -0.3 is 15.2 Å². The number of H-pyrrole nitrogens is 1. The summed E-state index contributed by atoms with van der Waals surface area (Å²) in [6.07, 6.45) is 1.76. The summed E-state index contributed by atoms with van der Waals surface area (Å²) in [7, 11) is 0. The third-order valence-corrected chi connectivity index (χ3v) is 6.35. The number of fused-ring (bicyclic) bond motifs is 1. The van der Waals surface area contributed by atoms with E-state index in [4.69, 9.17) is 12.2 Å². The molecule has 0 bridgehead atoms. The molecule has 0 unspecified atom stereocenters. The number of likely N-dealkylation sites (tertiary alicyclic amines) is 1. The van der Waals surface area contributed by atoms with Crippen LogP contribution in [0.4, 0.5) is 5.69 Å². The number of hydrogen-bond donors (Lipinski definition) is 2. The van der Waals surface area contributed by atoms with E-state index in [0.29, 0.717) is 0 Å². The zero-order valence-electron chi connectivity index (χ0n) is 17.1. The number of anilines is 1. The van der Waals surface area contributed by atoms with E-state index in [0.717, 1.165) is 58.9 Å². The Hall–Kier alpha value is -3.38. The van der Waals surface area contributed by atoms with Crippen LogP contribution < -0.4 is 11.0 Å². The van der Waals surface area contributed by atoms with Gasteiger partial charge in [-0.2, -0.15) is 0 Å². The molecule has 0 radical (unpaired) electrons. The second-order valence-electron chi connectivity index (χ2n) is 7.88. The van der Waals surface area contributed by atoms with E-state index in [9.17, 15) is 4.79 Å². The standard InChI is InChI=1S/C25H24N4OS/c30-24-26-22-12-6-7-13-23(22)29(24)19-14-16-28(17-15-19)25(31)27-21-11-5-4-10-20(21)18-8-2-1-3-9-18/h1-13,19H,14-17H2,(H,26,30)(H,27,31). The third-order valence-electron chi connectivity index (χ3n) is 5.99. The van der Waals surface area contributed by atoms with Gasteiger partial charge in [0.25, 0.3) is 0 Å². The smallest absolute Gasteiger partial charge is 0.326 e. The van der Waals surface area contributed by atoms with E-state index in [2.05, 4.69) is 39.5 Å². The summed E-state index contributed by atoms with van der Waals surface area (Å²) < 4.78 is 1.91. The lowest BCUT2D eigenvalue weighted by Crippen LogP contribution is -2.42. The highest BCUT2D eigenvalue weighted by Crippen LogP contribution is 2.29. The summed E-state index contributed by atoms with van der Waals surface area (Å²) in [6.45, 7) is 1.63. The van der Waals surface area contributed by atoms with E-state index < -0.39 is 0 Å². The van der Waals surface area contributed by atoms with Crippen LogP contribution in [0.15, 0.2) is 83.7 Å². The molecule has 0 atom stereocenters. The summed E-state index contributed by atoms with van der Waals surface area (Å²) in [4.78, 5) is 17.7. The molecule has 1 aliphatic heterocycles. The number of aromatic nitrogens is 2. The normalized spacial score (nSPS) is 14.6. The minimum atomic E-state index is -0.0304. The Morgan fingerprint density at radius 1 is 0.903 bits per heavy atom. The molecule has 6 heteroatoms. The molecule has 0 amide bonds. The number of imidazole rings is 1. The van der Waals surface area contributed by atoms with Crippen LogP contribution in [0.5, 0.6) is 0 Å². The summed E-state index contributed by atoms with van der Waals surface area (Å²) >= 11 is 5.75. The molecule has 2 heterocycles. The Morgan fingerprint density at radius 3 is 2.39 bits per heavy atom. The molecular formula is C25H24N4OS. The van der Waals surface area contributed by atoms with Crippen LogP contribution in [0.2, 0.25) is 0 Å². The molecule has 31 heavy (non-hydrogen) atoms. The Morgan fingerprint density at radius 2 is 1.58 bits per heavy atom. The number of benzene rings is 3. The highest BCUT2D eigenvalue weighted by molar-refractivity contribution is 7.80. The summed E-state index contributed by atoms with van der Waals surface area (Å²) in [6, 6.07) is 26.6. The second kappa shape index (κ2) is 8.40. The van der Waals surface area contributed by atoms with Gasteiger partial charge in [0.15, 0.2) is 5.11 Å². The molecule has 5 rings (SSSR count). The van der Waals surface area contributed by atoms with Gasteiger partial charge in [-0.3, -0.25) is 4.57 Å². The molecule has 0 saturated carbocycles. The van der Waals surface area contributed by atoms with Crippen molar-refractivity contribution in [2.75, 3.05) is 18.4 Å². The quantitative estimate of drug-likeness (QED) is 0.450. The van der Waals surface area contributed by atoms with Crippen molar-refractivity contribution in [2.45, 2.75) is 18.9 Å². The fraction of sp³-hybridized carbons (Fsp3) is 0.200. The fourth-order valence-corrected chi connectivity index (χ4v) is 4.71. The van der Waals surface area contributed by atoms with Crippen LogP contribution >= 0.6 is 12.2 Å². The van der Waals surface area contributed by atoms with E-state index in [-0.39, 0.29) is 11.7 Å². The summed E-state index contributed by atoms with van der Waals surface area (Å²) in [5, 5.41) is 4.18. The van der Waals surface area contributed by atoms with Gasteiger partial charge in [-0.1, -0.05) is 60.7 Å². The van der Waals surface area contributed by atoms with Gasteiger partial charge in [0.1, 0.15) is 0 Å². The minimum Gasteiger partial charge on any atom is -0.349 e. The molecule has 1 fully saturated rings. The van der Waals surface area contributed by atoms with Crippen molar-refractivity contribution in [3.63, 3.8) is 0 Å². The fourth-order valence-electron chi connectivity index (χ4n) is 4.42. The highest BCUT2D eigenvalue weighted by Gasteiger charge is 2.25. The lowest BCUT2D eigenvalue weighted by Gasteiger charge is -2.34. The van der Waals surface area contributed by atoms with Crippen LogP contribution in [-0.2, 0) is 0 Å². The van der Waals surface area contributed by atoms with Gasteiger partial charge in [0, 0.05) is 30.4 Å². The molecule has 3 aromatic carbocycles. The lowest BCUT2D eigenvalue weighted by atomic mass is 10.0. The van der Waals surface area contributed by atoms with Crippen LogP contribution in [0.25, 0.3) is 22.2 Å². The maximum Gasteiger partial charge on any atom is 0.326 e. The van der Waals surface area contributed by atoms with Crippen LogP contribution in [0.3, 0.4) is 0 Å². The summed E-state index contributed by atoms with van der Waals surface area (Å²) in [5.74, 6) is 0. The Labute approximate surface area is 186 Å². The molecule has 0 aliphatic carbocycles. The molecule has 1 aliphatic rings. The van der Waals surface area contributed by atoms with E-state index in [1.807, 2.05) is 59.2 Å².